The van der Waals surface area contributed by atoms with E-state index in [0.29, 0.717) is 64.4 Å². The van der Waals surface area contributed by atoms with Crippen LogP contribution in [0.2, 0.25) is 0 Å². The fourth-order valence-electron chi connectivity index (χ4n) is 5.59. The molecular weight excluding hydrogens is 574 g/mol. The van der Waals surface area contributed by atoms with Crippen LogP contribution in [0.1, 0.15) is 33.5 Å². The SMILES string of the molecule is O=C(c1cc(C(F)(F)F)cc(C(F)(F)F)c1)N1CCN(CCC#CCN2CCOCC2)C[C@H]1Cc1c[nH]c2ccccc12. The van der Waals surface area contributed by atoms with Gasteiger partial charge in [0.1, 0.15) is 0 Å². The monoisotopic (exact) mass is 606 g/mol. The van der Waals surface area contributed by atoms with Gasteiger partial charge in [0.15, 0.2) is 0 Å². The van der Waals surface area contributed by atoms with Crippen LogP contribution in [0.25, 0.3) is 10.9 Å². The van der Waals surface area contributed by atoms with Gasteiger partial charge in [0.25, 0.3) is 5.91 Å². The first-order valence-corrected chi connectivity index (χ1v) is 14.1. The van der Waals surface area contributed by atoms with Crippen molar-refractivity contribution in [3.63, 3.8) is 0 Å². The first-order valence-electron chi connectivity index (χ1n) is 14.1. The Hall–Kier alpha value is -3.53. The Morgan fingerprint density at radius 2 is 1.60 bits per heavy atom. The highest BCUT2D eigenvalue weighted by atomic mass is 19.4. The van der Waals surface area contributed by atoms with Crippen molar-refractivity contribution in [3.05, 3.63) is 70.9 Å². The van der Waals surface area contributed by atoms with E-state index in [1.54, 1.807) is 0 Å². The van der Waals surface area contributed by atoms with E-state index >= 15 is 0 Å². The van der Waals surface area contributed by atoms with Gasteiger partial charge in [-0.25, -0.2) is 0 Å². The molecule has 3 heterocycles. The Morgan fingerprint density at radius 3 is 2.30 bits per heavy atom. The summed E-state index contributed by atoms with van der Waals surface area (Å²) in [6.07, 6.45) is -7.28. The molecule has 3 aromatic rings. The van der Waals surface area contributed by atoms with Crippen molar-refractivity contribution in [1.29, 1.82) is 0 Å². The second kappa shape index (κ2) is 13.0. The number of ether oxygens (including phenoxy) is 1. The molecule has 2 aromatic carbocycles. The van der Waals surface area contributed by atoms with Crippen molar-refractivity contribution >= 4 is 16.8 Å². The van der Waals surface area contributed by atoms with Crippen LogP contribution in [0, 0.1) is 11.8 Å². The molecular formula is C31H32F6N4O2. The summed E-state index contributed by atoms with van der Waals surface area (Å²) < 4.78 is 86.5. The lowest BCUT2D eigenvalue weighted by Crippen LogP contribution is -2.56. The standard InChI is InChI=1S/C31H32F6N4O2/c32-30(33,34)24-16-22(17-25(19-24)31(35,36)37)29(42)41-11-10-40(9-5-1-4-8-39-12-14-43-15-13-39)21-26(41)18-23-20-38-28-7-3-2-6-27(23)28/h2-3,6-7,16-17,19-20,26,38H,5,8-15,18,21H2/t26-/m1/s1. The largest absolute Gasteiger partial charge is 0.416 e. The minimum absolute atomic E-state index is 0.0399. The minimum Gasteiger partial charge on any atom is -0.379 e. The summed E-state index contributed by atoms with van der Waals surface area (Å²) >= 11 is 0. The Labute approximate surface area is 245 Å². The van der Waals surface area contributed by atoms with E-state index in [9.17, 15) is 31.1 Å². The number of hydrogen-bond donors (Lipinski definition) is 1. The lowest BCUT2D eigenvalue weighted by molar-refractivity contribution is -0.143. The lowest BCUT2D eigenvalue weighted by atomic mass is 9.98. The van der Waals surface area contributed by atoms with Gasteiger partial charge in [-0.15, -0.1) is 5.92 Å². The molecule has 0 radical (unpaired) electrons. The molecule has 1 atom stereocenters. The van der Waals surface area contributed by atoms with E-state index < -0.39 is 41.0 Å². The highest BCUT2D eigenvalue weighted by molar-refractivity contribution is 5.95. The quantitative estimate of drug-likeness (QED) is 0.306. The normalized spacial score (nSPS) is 18.9. The number of morpholine rings is 1. The number of carbonyl (C=O) groups excluding carboxylic acids is 1. The summed E-state index contributed by atoms with van der Waals surface area (Å²) in [6.45, 7) is 5.35. The number of H-pyrrole nitrogens is 1. The van der Waals surface area contributed by atoms with Crippen LogP contribution >= 0.6 is 0 Å². The molecule has 2 saturated heterocycles. The summed E-state index contributed by atoms with van der Waals surface area (Å²) in [5.41, 5.74) is -1.84. The molecule has 0 aliphatic carbocycles. The van der Waals surface area contributed by atoms with E-state index in [1.807, 2.05) is 30.5 Å². The number of fused-ring (bicyclic) bond motifs is 1. The summed E-state index contributed by atoms with van der Waals surface area (Å²) in [5, 5.41) is 0.944. The van der Waals surface area contributed by atoms with Gasteiger partial charge in [-0.3, -0.25) is 14.6 Å². The zero-order chi connectivity index (χ0) is 30.6. The molecule has 12 heteroatoms. The van der Waals surface area contributed by atoms with Crippen molar-refractivity contribution in [1.82, 2.24) is 19.7 Å². The number of para-hydroxylation sites is 1. The maximum Gasteiger partial charge on any atom is 0.416 e. The highest BCUT2D eigenvalue weighted by Gasteiger charge is 2.39. The maximum absolute atomic E-state index is 13.6. The fourth-order valence-corrected chi connectivity index (χ4v) is 5.59. The van der Waals surface area contributed by atoms with Gasteiger partial charge >= 0.3 is 12.4 Å². The van der Waals surface area contributed by atoms with Crippen molar-refractivity contribution < 1.29 is 35.9 Å². The number of hydrogen-bond acceptors (Lipinski definition) is 4. The molecule has 0 bridgehead atoms. The van der Waals surface area contributed by atoms with Crippen LogP contribution < -0.4 is 0 Å². The van der Waals surface area contributed by atoms with Crippen molar-refractivity contribution in [3.8, 4) is 11.8 Å². The summed E-state index contributed by atoms with van der Waals surface area (Å²) in [4.78, 5) is 22.6. The fraction of sp³-hybridized carbons (Fsp3) is 0.452. The van der Waals surface area contributed by atoms with Crippen LogP contribution in [0.15, 0.2) is 48.7 Å². The molecule has 1 N–H and O–H groups in total. The zero-order valence-corrected chi connectivity index (χ0v) is 23.4. The van der Waals surface area contributed by atoms with Crippen molar-refractivity contribution in [2.45, 2.75) is 31.2 Å². The smallest absolute Gasteiger partial charge is 0.379 e. The van der Waals surface area contributed by atoms with Crippen LogP contribution in [0.5, 0.6) is 0 Å². The third-order valence-corrected chi connectivity index (χ3v) is 7.88. The third kappa shape index (κ3) is 7.71. The van der Waals surface area contributed by atoms with Crippen LogP contribution in [-0.2, 0) is 23.5 Å². The predicted molar refractivity (Wildman–Crippen MR) is 149 cm³/mol. The van der Waals surface area contributed by atoms with Crippen molar-refractivity contribution in [2.24, 2.45) is 0 Å². The first-order chi connectivity index (χ1) is 20.5. The number of aromatic nitrogens is 1. The number of halogens is 6. The number of benzene rings is 2. The number of amides is 1. The van der Waals surface area contributed by atoms with E-state index in [2.05, 4.69) is 26.6 Å². The Kier molecular flexibility index (Phi) is 9.34. The zero-order valence-electron chi connectivity index (χ0n) is 23.4. The number of rotatable bonds is 6. The third-order valence-electron chi connectivity index (χ3n) is 7.88. The molecule has 1 amide bonds. The average Bonchev–Trinajstić information content (AvgIpc) is 3.39. The molecule has 230 valence electrons. The number of piperazine rings is 1. The van der Waals surface area contributed by atoms with Crippen LogP contribution in [0.4, 0.5) is 26.3 Å². The maximum atomic E-state index is 13.6. The molecule has 6 nitrogen and oxygen atoms in total. The minimum atomic E-state index is -5.04. The molecule has 2 fully saturated rings. The molecule has 0 spiro atoms. The van der Waals surface area contributed by atoms with Gasteiger partial charge in [0.05, 0.1) is 30.9 Å². The van der Waals surface area contributed by atoms with Crippen molar-refractivity contribution in [2.75, 3.05) is 59.0 Å². The van der Waals surface area contributed by atoms with Gasteiger partial charge in [-0.05, 0) is 36.2 Å². The Bertz CT molecular complexity index is 1450. The summed E-state index contributed by atoms with van der Waals surface area (Å²) in [6, 6.07) is 8.18. The number of nitrogens with zero attached hydrogens (tertiary/aromatic N) is 3. The number of aromatic amines is 1. The molecule has 0 saturated carbocycles. The molecule has 5 rings (SSSR count). The molecule has 2 aliphatic rings. The Balaban J connectivity index is 1.36. The van der Waals surface area contributed by atoms with E-state index in [4.69, 9.17) is 4.74 Å². The topological polar surface area (TPSA) is 51.8 Å². The first kappa shape index (κ1) is 30.9. The van der Waals surface area contributed by atoms with Gasteiger partial charge in [-0.2, -0.15) is 26.3 Å². The Morgan fingerprint density at radius 1 is 0.907 bits per heavy atom. The molecule has 43 heavy (non-hydrogen) atoms. The highest BCUT2D eigenvalue weighted by Crippen LogP contribution is 2.37. The predicted octanol–water partition coefficient (Wildman–Crippen LogP) is 5.30. The van der Waals surface area contributed by atoms with Gasteiger partial charge in [-0.1, -0.05) is 24.1 Å². The second-order valence-corrected chi connectivity index (χ2v) is 10.8. The van der Waals surface area contributed by atoms with E-state index in [1.165, 1.54) is 4.90 Å². The molecule has 1 aromatic heterocycles. The second-order valence-electron chi connectivity index (χ2n) is 10.8. The number of nitrogens with one attached hydrogen (secondary N) is 1. The van der Waals surface area contributed by atoms with E-state index in [-0.39, 0.29) is 12.6 Å². The van der Waals surface area contributed by atoms with Gasteiger partial charge in [0.2, 0.25) is 0 Å². The molecule has 2 aliphatic heterocycles. The number of alkyl halides is 6. The van der Waals surface area contributed by atoms with Crippen LogP contribution in [0.3, 0.4) is 0 Å². The number of carbonyl (C=O) groups is 1. The summed E-state index contributed by atoms with van der Waals surface area (Å²) in [5.74, 6) is 5.52. The lowest BCUT2D eigenvalue weighted by Gasteiger charge is -2.41. The van der Waals surface area contributed by atoms with Gasteiger partial charge < -0.3 is 14.6 Å². The van der Waals surface area contributed by atoms with Gasteiger partial charge in [0, 0.05) is 74.4 Å². The molecule has 0 unspecified atom stereocenters. The average molecular weight is 607 g/mol. The van der Waals surface area contributed by atoms with Crippen LogP contribution in [-0.4, -0.2) is 90.7 Å². The summed E-state index contributed by atoms with van der Waals surface area (Å²) in [7, 11) is 0. The van der Waals surface area contributed by atoms with E-state index in [0.717, 1.165) is 29.6 Å².